The van der Waals surface area contributed by atoms with Crippen LogP contribution in [0.3, 0.4) is 0 Å². The van der Waals surface area contributed by atoms with Crippen LogP contribution in [0.15, 0.2) is 4.99 Å². The summed E-state index contributed by atoms with van der Waals surface area (Å²) in [6, 6.07) is 1.04. The quantitative estimate of drug-likeness (QED) is 0.340. The summed E-state index contributed by atoms with van der Waals surface area (Å²) >= 11 is 0. The van der Waals surface area contributed by atoms with Crippen LogP contribution in [0.5, 0.6) is 0 Å². The van der Waals surface area contributed by atoms with Crippen molar-refractivity contribution in [3.05, 3.63) is 0 Å². The lowest BCUT2D eigenvalue weighted by molar-refractivity contribution is -0.143. The molecule has 0 amide bonds. The molecule has 1 aliphatic heterocycles. The van der Waals surface area contributed by atoms with Crippen molar-refractivity contribution in [2.75, 3.05) is 45.8 Å². The number of guanidine groups is 1. The maximum atomic E-state index is 12.5. The number of rotatable bonds is 10. The first-order chi connectivity index (χ1) is 12.6. The van der Waals surface area contributed by atoms with E-state index in [2.05, 4.69) is 48.2 Å². The number of hydrogen-bond donors (Lipinski definition) is 2. The normalized spacial score (nSPS) is 19.5. The fraction of sp³-hybridized carbons (Fsp3) is 0.947. The van der Waals surface area contributed by atoms with E-state index >= 15 is 0 Å². The molecule has 5 nitrogen and oxygen atoms in total. The smallest absolute Gasteiger partial charge is 0.357 e. The van der Waals surface area contributed by atoms with E-state index in [1.54, 1.807) is 0 Å². The lowest BCUT2D eigenvalue weighted by Crippen LogP contribution is -2.41. The van der Waals surface area contributed by atoms with Gasteiger partial charge in [-0.2, -0.15) is 13.2 Å². The second-order valence-corrected chi connectivity index (χ2v) is 7.93. The number of aliphatic imine (C=N–C) groups is 1. The first-order valence-corrected chi connectivity index (χ1v) is 10.2. The van der Waals surface area contributed by atoms with Crippen molar-refractivity contribution < 1.29 is 13.2 Å². The van der Waals surface area contributed by atoms with Gasteiger partial charge in [-0.05, 0) is 59.9 Å². The van der Waals surface area contributed by atoms with Gasteiger partial charge in [0.2, 0.25) is 0 Å². The van der Waals surface area contributed by atoms with E-state index in [4.69, 9.17) is 0 Å². The van der Waals surface area contributed by atoms with Crippen LogP contribution in [-0.2, 0) is 0 Å². The number of alkyl halides is 3. The van der Waals surface area contributed by atoms with Crippen molar-refractivity contribution in [2.45, 2.75) is 65.7 Å². The zero-order valence-corrected chi connectivity index (χ0v) is 17.6. The summed E-state index contributed by atoms with van der Waals surface area (Å²) in [7, 11) is 0. The Morgan fingerprint density at radius 2 is 1.85 bits per heavy atom. The van der Waals surface area contributed by atoms with Crippen LogP contribution in [0.25, 0.3) is 0 Å². The molecular weight excluding hydrogens is 355 g/mol. The molecule has 160 valence electrons. The average Bonchev–Trinajstić information content (AvgIpc) is 2.96. The molecule has 1 unspecified atom stereocenters. The van der Waals surface area contributed by atoms with Crippen molar-refractivity contribution in [1.29, 1.82) is 0 Å². The van der Waals surface area contributed by atoms with E-state index in [1.807, 2.05) is 6.92 Å². The monoisotopic (exact) mass is 393 g/mol. The van der Waals surface area contributed by atoms with Crippen LogP contribution < -0.4 is 10.6 Å². The Morgan fingerprint density at radius 3 is 2.41 bits per heavy atom. The third-order valence-corrected chi connectivity index (χ3v) is 4.84. The largest absolute Gasteiger partial charge is 0.401 e. The molecule has 0 spiro atoms. The van der Waals surface area contributed by atoms with Gasteiger partial charge in [0.1, 0.15) is 0 Å². The summed E-state index contributed by atoms with van der Waals surface area (Å²) in [6.07, 6.45) is -2.32. The maximum Gasteiger partial charge on any atom is 0.401 e. The SMILES string of the molecule is CCNC(=NCC1CCN(CC(F)(F)F)C1)NCCCN(C(C)C)C(C)C. The van der Waals surface area contributed by atoms with Gasteiger partial charge in [0.25, 0.3) is 0 Å². The predicted octanol–water partition coefficient (Wildman–Crippen LogP) is 2.93. The van der Waals surface area contributed by atoms with Crippen molar-refractivity contribution in [1.82, 2.24) is 20.4 Å². The molecule has 8 heteroatoms. The van der Waals surface area contributed by atoms with E-state index in [0.717, 1.165) is 38.4 Å². The molecule has 1 saturated heterocycles. The summed E-state index contributed by atoms with van der Waals surface area (Å²) in [5.74, 6) is 0.951. The first kappa shape index (κ1) is 24.0. The molecule has 1 rings (SSSR count). The fourth-order valence-corrected chi connectivity index (χ4v) is 3.60. The highest BCUT2D eigenvalue weighted by Crippen LogP contribution is 2.22. The molecule has 1 fully saturated rings. The third-order valence-electron chi connectivity index (χ3n) is 4.84. The number of nitrogens with one attached hydrogen (secondary N) is 2. The van der Waals surface area contributed by atoms with Gasteiger partial charge in [0, 0.05) is 44.8 Å². The Labute approximate surface area is 162 Å². The highest BCUT2D eigenvalue weighted by atomic mass is 19.4. The molecular formula is C19H38F3N5. The molecule has 1 atom stereocenters. The minimum atomic E-state index is -4.12. The topological polar surface area (TPSA) is 42.9 Å². The molecule has 1 aliphatic rings. The van der Waals surface area contributed by atoms with Gasteiger partial charge in [-0.25, -0.2) is 0 Å². The van der Waals surface area contributed by atoms with E-state index in [0.29, 0.717) is 31.7 Å². The maximum absolute atomic E-state index is 12.5. The van der Waals surface area contributed by atoms with Crippen LogP contribution in [0.2, 0.25) is 0 Å². The Morgan fingerprint density at radius 1 is 1.19 bits per heavy atom. The molecule has 0 aromatic heterocycles. The Hall–Kier alpha value is -1.02. The molecule has 0 saturated carbocycles. The van der Waals surface area contributed by atoms with Gasteiger partial charge in [-0.15, -0.1) is 0 Å². The third kappa shape index (κ3) is 10.2. The van der Waals surface area contributed by atoms with Crippen molar-refractivity contribution >= 4 is 5.96 Å². The number of likely N-dealkylation sites (tertiary alicyclic amines) is 1. The van der Waals surface area contributed by atoms with E-state index in [-0.39, 0.29) is 5.92 Å². The van der Waals surface area contributed by atoms with Gasteiger partial charge < -0.3 is 10.6 Å². The van der Waals surface area contributed by atoms with Crippen molar-refractivity contribution in [3.8, 4) is 0 Å². The lowest BCUT2D eigenvalue weighted by atomic mass is 10.1. The van der Waals surface area contributed by atoms with Crippen LogP contribution in [0, 0.1) is 5.92 Å². The summed E-state index contributed by atoms with van der Waals surface area (Å²) in [4.78, 5) is 8.52. The molecule has 0 aliphatic carbocycles. The average molecular weight is 394 g/mol. The van der Waals surface area contributed by atoms with E-state index in [1.165, 1.54) is 4.90 Å². The summed E-state index contributed by atoms with van der Waals surface area (Å²) < 4.78 is 37.5. The fourth-order valence-electron chi connectivity index (χ4n) is 3.60. The van der Waals surface area contributed by atoms with Gasteiger partial charge in [0.05, 0.1) is 6.54 Å². The molecule has 0 aromatic rings. The van der Waals surface area contributed by atoms with E-state index < -0.39 is 12.7 Å². The molecule has 0 bridgehead atoms. The highest BCUT2D eigenvalue weighted by Gasteiger charge is 2.34. The predicted molar refractivity (Wildman–Crippen MR) is 106 cm³/mol. The minimum absolute atomic E-state index is 0.195. The summed E-state index contributed by atoms with van der Waals surface area (Å²) in [5.41, 5.74) is 0. The van der Waals surface area contributed by atoms with Crippen LogP contribution in [-0.4, -0.2) is 79.8 Å². The zero-order chi connectivity index (χ0) is 20.4. The second-order valence-electron chi connectivity index (χ2n) is 7.93. The molecule has 2 N–H and O–H groups in total. The Kier molecular flexibility index (Phi) is 10.4. The van der Waals surface area contributed by atoms with Crippen LogP contribution >= 0.6 is 0 Å². The number of nitrogens with zero attached hydrogens (tertiary/aromatic N) is 3. The molecule has 1 heterocycles. The van der Waals surface area contributed by atoms with E-state index in [9.17, 15) is 13.2 Å². The molecule has 27 heavy (non-hydrogen) atoms. The lowest BCUT2D eigenvalue weighted by Gasteiger charge is -2.30. The number of halogens is 3. The molecule has 0 radical (unpaired) electrons. The zero-order valence-electron chi connectivity index (χ0n) is 17.6. The molecule has 0 aromatic carbocycles. The first-order valence-electron chi connectivity index (χ1n) is 10.2. The van der Waals surface area contributed by atoms with Crippen molar-refractivity contribution in [3.63, 3.8) is 0 Å². The van der Waals surface area contributed by atoms with Crippen molar-refractivity contribution in [2.24, 2.45) is 10.9 Å². The second kappa shape index (κ2) is 11.7. The Bertz CT molecular complexity index is 430. The summed E-state index contributed by atoms with van der Waals surface area (Å²) in [6.45, 7) is 14.2. The van der Waals surface area contributed by atoms with Gasteiger partial charge >= 0.3 is 6.18 Å². The number of hydrogen-bond acceptors (Lipinski definition) is 3. The van der Waals surface area contributed by atoms with Crippen LogP contribution in [0.4, 0.5) is 13.2 Å². The standard InChI is InChI=1S/C19H38F3N5/c1-6-23-18(24-9-7-10-27(15(2)3)16(4)5)25-12-17-8-11-26(13-17)14-19(20,21)22/h15-17H,6-14H2,1-5H3,(H2,23,24,25). The summed E-state index contributed by atoms with van der Waals surface area (Å²) in [5, 5.41) is 6.57. The van der Waals surface area contributed by atoms with Gasteiger partial charge in [-0.3, -0.25) is 14.8 Å². The highest BCUT2D eigenvalue weighted by molar-refractivity contribution is 5.79. The van der Waals surface area contributed by atoms with Crippen LogP contribution in [0.1, 0.15) is 47.5 Å². The van der Waals surface area contributed by atoms with Gasteiger partial charge in [0.15, 0.2) is 5.96 Å². The Balaban J connectivity index is 2.38. The van der Waals surface area contributed by atoms with Gasteiger partial charge in [-0.1, -0.05) is 0 Å². The minimum Gasteiger partial charge on any atom is -0.357 e.